The Kier molecular flexibility index (Phi) is 31.8. The van der Waals surface area contributed by atoms with Crippen LogP contribution in [0.5, 0.6) is 0 Å². The Labute approximate surface area is 221 Å². The van der Waals surface area contributed by atoms with Crippen LogP contribution in [0.25, 0.3) is 0 Å². The van der Waals surface area contributed by atoms with Crippen molar-refractivity contribution in [1.82, 2.24) is 4.90 Å². The van der Waals surface area contributed by atoms with Crippen molar-refractivity contribution in [2.45, 2.75) is 174 Å². The molecule has 0 aliphatic rings. The maximum Gasteiger partial charge on any atom is 0.0443 e. The van der Waals surface area contributed by atoms with Crippen LogP contribution in [-0.4, -0.2) is 48.0 Å². The average Bonchev–Trinajstić information content (AvgIpc) is 2.87. The van der Waals surface area contributed by atoms with Crippen molar-refractivity contribution in [3.63, 3.8) is 0 Å². The highest BCUT2D eigenvalue weighted by Gasteiger charge is 2.04. The number of rotatable bonds is 31. The average molecular weight is 498 g/mol. The molecule has 0 aromatic heterocycles. The molecule has 0 aromatic carbocycles. The van der Waals surface area contributed by atoms with E-state index in [0.717, 1.165) is 32.5 Å². The van der Waals surface area contributed by atoms with Crippen LogP contribution in [0.4, 0.5) is 0 Å². The molecule has 3 heteroatoms. The molecule has 0 unspecified atom stereocenters. The van der Waals surface area contributed by atoms with Gasteiger partial charge in [0, 0.05) is 26.3 Å². The monoisotopic (exact) mass is 498 g/mol. The fraction of sp³-hybridized carbons (Fsp3) is 1.00. The van der Waals surface area contributed by atoms with Crippen molar-refractivity contribution >= 4 is 0 Å². The molecule has 0 aliphatic carbocycles. The van der Waals surface area contributed by atoms with Crippen LogP contribution in [0.1, 0.15) is 174 Å². The summed E-state index contributed by atoms with van der Waals surface area (Å²) in [6.45, 7) is 5.91. The van der Waals surface area contributed by atoms with Crippen molar-refractivity contribution < 1.29 is 10.2 Å². The van der Waals surface area contributed by atoms with Crippen molar-refractivity contribution in [2.24, 2.45) is 0 Å². The third-order valence-corrected chi connectivity index (χ3v) is 7.59. The Bertz CT molecular complexity index is 355. The summed E-state index contributed by atoms with van der Waals surface area (Å²) in [5, 5.41) is 18.1. The summed E-state index contributed by atoms with van der Waals surface area (Å²) < 4.78 is 0. The largest absolute Gasteiger partial charge is 0.396 e. The molecule has 0 aliphatic heterocycles. The van der Waals surface area contributed by atoms with E-state index in [1.807, 2.05) is 0 Å². The minimum Gasteiger partial charge on any atom is -0.396 e. The van der Waals surface area contributed by atoms with Gasteiger partial charge in [-0.25, -0.2) is 0 Å². The maximum atomic E-state index is 9.03. The van der Waals surface area contributed by atoms with Gasteiger partial charge in [0.1, 0.15) is 0 Å². The van der Waals surface area contributed by atoms with Gasteiger partial charge in [-0.2, -0.15) is 0 Å². The van der Waals surface area contributed by atoms with Gasteiger partial charge in [0.15, 0.2) is 0 Å². The van der Waals surface area contributed by atoms with E-state index >= 15 is 0 Å². The third-order valence-electron chi connectivity index (χ3n) is 7.59. The molecule has 0 spiro atoms. The molecule has 0 rings (SSSR count). The SMILES string of the molecule is CCCCCCCCCCCCCCCCCCCCCCCCCCN(CCCO)CCCO. The first-order chi connectivity index (χ1) is 17.3. The van der Waals surface area contributed by atoms with Gasteiger partial charge in [0.25, 0.3) is 0 Å². The fourth-order valence-corrected chi connectivity index (χ4v) is 5.22. The lowest BCUT2D eigenvalue weighted by Gasteiger charge is -2.21. The van der Waals surface area contributed by atoms with Crippen LogP contribution in [-0.2, 0) is 0 Å². The van der Waals surface area contributed by atoms with E-state index in [0.29, 0.717) is 0 Å². The van der Waals surface area contributed by atoms with E-state index in [4.69, 9.17) is 10.2 Å². The van der Waals surface area contributed by atoms with Gasteiger partial charge in [-0.05, 0) is 25.8 Å². The van der Waals surface area contributed by atoms with Gasteiger partial charge < -0.3 is 15.1 Å². The van der Waals surface area contributed by atoms with Crippen LogP contribution >= 0.6 is 0 Å². The first kappa shape index (κ1) is 34.9. The third kappa shape index (κ3) is 30.0. The summed E-state index contributed by atoms with van der Waals surface area (Å²) in [6, 6.07) is 0. The topological polar surface area (TPSA) is 43.7 Å². The number of hydrogen-bond acceptors (Lipinski definition) is 3. The Morgan fingerprint density at radius 2 is 0.543 bits per heavy atom. The molecule has 35 heavy (non-hydrogen) atoms. The van der Waals surface area contributed by atoms with Crippen molar-refractivity contribution in [2.75, 3.05) is 32.8 Å². The van der Waals surface area contributed by atoms with Gasteiger partial charge in [0.05, 0.1) is 0 Å². The number of unbranched alkanes of at least 4 members (excludes halogenated alkanes) is 23. The lowest BCUT2D eigenvalue weighted by Crippen LogP contribution is -2.28. The highest BCUT2D eigenvalue weighted by atomic mass is 16.3. The summed E-state index contributed by atoms with van der Waals surface area (Å²) in [4.78, 5) is 2.41. The van der Waals surface area contributed by atoms with Crippen molar-refractivity contribution in [3.8, 4) is 0 Å². The lowest BCUT2D eigenvalue weighted by molar-refractivity contribution is 0.199. The van der Waals surface area contributed by atoms with Gasteiger partial charge in [-0.3, -0.25) is 0 Å². The number of aliphatic hydroxyl groups excluding tert-OH is 2. The Hall–Kier alpha value is -0.120. The zero-order valence-electron chi connectivity index (χ0n) is 24.3. The second-order valence-corrected chi connectivity index (χ2v) is 11.1. The molecule has 0 saturated carbocycles. The van der Waals surface area contributed by atoms with E-state index < -0.39 is 0 Å². The fourth-order valence-electron chi connectivity index (χ4n) is 5.22. The van der Waals surface area contributed by atoms with E-state index in [9.17, 15) is 0 Å². The molecular formula is C32H67NO2. The highest BCUT2D eigenvalue weighted by molar-refractivity contribution is 4.59. The standard InChI is InChI=1S/C32H67NO2/c1-2-3-4-5-6-7-8-9-10-11-12-13-14-15-16-17-18-19-20-21-22-23-24-25-28-33(29-26-31-34)30-27-32-35/h34-35H,2-32H2,1H3. The predicted octanol–water partition coefficient (Wildman–Crippen LogP) is 9.44. The second-order valence-electron chi connectivity index (χ2n) is 11.1. The zero-order valence-corrected chi connectivity index (χ0v) is 24.3. The number of nitrogens with zero attached hydrogens (tertiary/aromatic N) is 1. The van der Waals surface area contributed by atoms with E-state index in [-0.39, 0.29) is 13.2 Å². The minimum absolute atomic E-state index is 0.273. The lowest BCUT2D eigenvalue weighted by atomic mass is 10.0. The molecule has 3 nitrogen and oxygen atoms in total. The Morgan fingerprint density at radius 1 is 0.314 bits per heavy atom. The minimum atomic E-state index is 0.273. The quantitative estimate of drug-likeness (QED) is 0.0937. The Balaban J connectivity index is 3.18. The van der Waals surface area contributed by atoms with Crippen LogP contribution in [0.15, 0.2) is 0 Å². The van der Waals surface area contributed by atoms with Crippen LogP contribution in [0.2, 0.25) is 0 Å². The molecule has 0 bridgehead atoms. The second kappa shape index (κ2) is 31.9. The Morgan fingerprint density at radius 3 is 0.800 bits per heavy atom. The zero-order chi connectivity index (χ0) is 25.5. The van der Waals surface area contributed by atoms with Gasteiger partial charge in [0.2, 0.25) is 0 Å². The molecular weight excluding hydrogens is 430 g/mol. The molecule has 0 aromatic rings. The normalized spacial score (nSPS) is 11.7. The van der Waals surface area contributed by atoms with Crippen molar-refractivity contribution in [3.05, 3.63) is 0 Å². The summed E-state index contributed by atoms with van der Waals surface area (Å²) in [5.74, 6) is 0. The molecule has 0 fully saturated rings. The van der Waals surface area contributed by atoms with Crippen LogP contribution < -0.4 is 0 Å². The molecule has 212 valence electrons. The van der Waals surface area contributed by atoms with Crippen LogP contribution in [0.3, 0.4) is 0 Å². The van der Waals surface area contributed by atoms with Gasteiger partial charge >= 0.3 is 0 Å². The van der Waals surface area contributed by atoms with Crippen LogP contribution in [0, 0.1) is 0 Å². The number of aliphatic hydroxyl groups is 2. The van der Waals surface area contributed by atoms with E-state index in [1.165, 1.54) is 154 Å². The molecule has 0 heterocycles. The molecule has 0 saturated heterocycles. The van der Waals surface area contributed by atoms with Gasteiger partial charge in [-0.15, -0.1) is 0 Å². The summed E-state index contributed by atoms with van der Waals surface area (Å²) >= 11 is 0. The van der Waals surface area contributed by atoms with Crippen molar-refractivity contribution in [1.29, 1.82) is 0 Å². The summed E-state index contributed by atoms with van der Waals surface area (Å²) in [5.41, 5.74) is 0. The smallest absolute Gasteiger partial charge is 0.0443 e. The van der Waals surface area contributed by atoms with E-state index in [1.54, 1.807) is 0 Å². The molecule has 2 N–H and O–H groups in total. The van der Waals surface area contributed by atoms with Gasteiger partial charge in [-0.1, -0.05) is 155 Å². The molecule has 0 atom stereocenters. The summed E-state index contributed by atoms with van der Waals surface area (Å²) in [6.07, 6.45) is 36.1. The van der Waals surface area contributed by atoms with E-state index in [2.05, 4.69) is 11.8 Å². The predicted molar refractivity (Wildman–Crippen MR) is 156 cm³/mol. The number of hydrogen-bond donors (Lipinski definition) is 2. The summed E-state index contributed by atoms with van der Waals surface area (Å²) in [7, 11) is 0. The molecule has 0 radical (unpaired) electrons. The maximum absolute atomic E-state index is 9.03. The first-order valence-electron chi connectivity index (χ1n) is 16.3. The first-order valence-corrected chi connectivity index (χ1v) is 16.3. The molecule has 0 amide bonds. The highest BCUT2D eigenvalue weighted by Crippen LogP contribution is 2.15.